The van der Waals surface area contributed by atoms with Crippen LogP contribution in [0.4, 0.5) is 0 Å². The Morgan fingerprint density at radius 2 is 1.62 bits per heavy atom. The summed E-state index contributed by atoms with van der Waals surface area (Å²) in [5.74, 6) is 0.982. The Morgan fingerprint density at radius 1 is 0.885 bits per heavy atom. The van der Waals surface area contributed by atoms with Crippen molar-refractivity contribution in [3.8, 4) is 5.75 Å². The molecule has 26 heavy (non-hydrogen) atoms. The lowest BCUT2D eigenvalue weighted by molar-refractivity contribution is 0.273. The van der Waals surface area contributed by atoms with Gasteiger partial charge in [-0.3, -0.25) is 0 Å². The van der Waals surface area contributed by atoms with Crippen LogP contribution in [-0.4, -0.2) is 31.1 Å². The van der Waals surface area contributed by atoms with Crippen molar-refractivity contribution < 1.29 is 4.74 Å². The fourth-order valence-corrected chi connectivity index (χ4v) is 3.43. The van der Waals surface area contributed by atoms with E-state index in [1.807, 2.05) is 12.1 Å². The van der Waals surface area contributed by atoms with Crippen molar-refractivity contribution in [3.05, 3.63) is 64.7 Å². The zero-order valence-corrected chi connectivity index (χ0v) is 17.0. The molecule has 0 N–H and O–H groups in total. The van der Waals surface area contributed by atoms with Gasteiger partial charge in [0.15, 0.2) is 0 Å². The van der Waals surface area contributed by atoms with Crippen LogP contribution in [0.25, 0.3) is 0 Å². The molecule has 0 radical (unpaired) electrons. The average molecular weight is 374 g/mol. The second-order valence-corrected chi connectivity index (χ2v) is 7.22. The maximum absolute atomic E-state index is 6.23. The highest BCUT2D eigenvalue weighted by molar-refractivity contribution is 6.30. The van der Waals surface area contributed by atoms with E-state index >= 15 is 0 Å². The molecule has 0 fully saturated rings. The Hall–Kier alpha value is -1.51. The molecule has 0 unspecified atom stereocenters. The van der Waals surface area contributed by atoms with Gasteiger partial charge in [-0.05, 0) is 74.5 Å². The van der Waals surface area contributed by atoms with E-state index in [9.17, 15) is 0 Å². The van der Waals surface area contributed by atoms with Gasteiger partial charge in [-0.2, -0.15) is 0 Å². The van der Waals surface area contributed by atoms with E-state index < -0.39 is 0 Å². The van der Waals surface area contributed by atoms with Crippen molar-refractivity contribution in [1.82, 2.24) is 4.90 Å². The molecule has 2 aromatic carbocycles. The Bertz CT molecular complexity index is 623. The Morgan fingerprint density at radius 3 is 2.31 bits per heavy atom. The summed E-state index contributed by atoms with van der Waals surface area (Å²) in [4.78, 5) is 2.53. The van der Waals surface area contributed by atoms with E-state index in [4.69, 9.17) is 16.3 Å². The Labute approximate surface area is 164 Å². The van der Waals surface area contributed by atoms with Crippen LogP contribution in [0, 0.1) is 0 Å². The Balaban J connectivity index is 1.87. The van der Waals surface area contributed by atoms with Crippen LogP contribution in [0.15, 0.2) is 48.5 Å². The van der Waals surface area contributed by atoms with Gasteiger partial charge in [-0.15, -0.1) is 0 Å². The van der Waals surface area contributed by atoms with Crippen molar-refractivity contribution in [2.75, 3.05) is 26.2 Å². The van der Waals surface area contributed by atoms with Gasteiger partial charge in [0.05, 0.1) is 6.61 Å². The molecule has 0 bridgehead atoms. The monoisotopic (exact) mass is 373 g/mol. The summed E-state index contributed by atoms with van der Waals surface area (Å²) in [6.07, 6.45) is 5.43. The predicted octanol–water partition coefficient (Wildman–Crippen LogP) is 6.02. The molecule has 3 heteroatoms. The quantitative estimate of drug-likeness (QED) is 0.422. The molecule has 0 aliphatic heterocycles. The van der Waals surface area contributed by atoms with Crippen LogP contribution in [0.5, 0.6) is 5.75 Å². The number of benzene rings is 2. The van der Waals surface area contributed by atoms with Crippen LogP contribution in [0.2, 0.25) is 5.02 Å². The third-order valence-electron chi connectivity index (χ3n) is 4.51. The number of halogens is 1. The number of ether oxygens (including phenoxy) is 1. The van der Waals surface area contributed by atoms with Crippen LogP contribution in [-0.2, 0) is 12.8 Å². The normalized spacial score (nSPS) is 11.1. The van der Waals surface area contributed by atoms with Crippen LogP contribution in [0.1, 0.15) is 44.2 Å². The summed E-state index contributed by atoms with van der Waals surface area (Å²) < 4.78 is 6.09. The smallest absolute Gasteiger partial charge is 0.122 e. The summed E-state index contributed by atoms with van der Waals surface area (Å²) in [5, 5.41) is 0.786. The summed E-state index contributed by atoms with van der Waals surface area (Å²) in [6, 6.07) is 16.6. The second kappa shape index (κ2) is 12.0. The predicted molar refractivity (Wildman–Crippen MR) is 112 cm³/mol. The third-order valence-corrected chi connectivity index (χ3v) is 4.74. The molecule has 0 saturated carbocycles. The van der Waals surface area contributed by atoms with E-state index in [2.05, 4.69) is 55.1 Å². The van der Waals surface area contributed by atoms with Crippen molar-refractivity contribution in [2.45, 2.75) is 46.0 Å². The van der Waals surface area contributed by atoms with E-state index in [1.165, 1.54) is 24.0 Å². The third kappa shape index (κ3) is 7.39. The van der Waals surface area contributed by atoms with E-state index in [1.54, 1.807) is 0 Å². The molecular formula is C23H32ClNO. The number of hydrogen-bond acceptors (Lipinski definition) is 2. The van der Waals surface area contributed by atoms with Crippen molar-refractivity contribution in [3.63, 3.8) is 0 Å². The minimum absolute atomic E-state index is 0.733. The Kier molecular flexibility index (Phi) is 9.58. The standard InChI is InChI=1S/C23H32ClNO/c1-3-15-25(16-4-2)17-14-21-19-22(24)12-13-23(21)26-18-8-11-20-9-6-5-7-10-20/h5-7,9-10,12-13,19H,3-4,8,11,14-18H2,1-2H3. The number of nitrogens with zero attached hydrogens (tertiary/aromatic N) is 1. The minimum Gasteiger partial charge on any atom is -0.493 e. The van der Waals surface area contributed by atoms with Gasteiger partial charge in [0, 0.05) is 11.6 Å². The highest BCUT2D eigenvalue weighted by Crippen LogP contribution is 2.24. The van der Waals surface area contributed by atoms with E-state index in [0.29, 0.717) is 0 Å². The molecule has 2 aromatic rings. The van der Waals surface area contributed by atoms with Gasteiger partial charge in [-0.1, -0.05) is 55.8 Å². The van der Waals surface area contributed by atoms with Gasteiger partial charge in [0.25, 0.3) is 0 Å². The van der Waals surface area contributed by atoms with Gasteiger partial charge >= 0.3 is 0 Å². The van der Waals surface area contributed by atoms with Crippen molar-refractivity contribution >= 4 is 11.6 Å². The minimum atomic E-state index is 0.733. The van der Waals surface area contributed by atoms with Gasteiger partial charge in [0.2, 0.25) is 0 Å². The zero-order chi connectivity index (χ0) is 18.6. The molecule has 0 spiro atoms. The highest BCUT2D eigenvalue weighted by atomic mass is 35.5. The lowest BCUT2D eigenvalue weighted by Gasteiger charge is -2.21. The molecule has 0 atom stereocenters. The van der Waals surface area contributed by atoms with E-state index in [-0.39, 0.29) is 0 Å². The number of rotatable bonds is 12. The molecule has 2 rings (SSSR count). The fourth-order valence-electron chi connectivity index (χ4n) is 3.23. The first-order chi connectivity index (χ1) is 12.7. The first-order valence-corrected chi connectivity index (χ1v) is 10.3. The lowest BCUT2D eigenvalue weighted by atomic mass is 10.1. The summed E-state index contributed by atoms with van der Waals surface area (Å²) in [7, 11) is 0. The van der Waals surface area contributed by atoms with Gasteiger partial charge in [0.1, 0.15) is 5.75 Å². The molecule has 142 valence electrons. The molecule has 0 aromatic heterocycles. The topological polar surface area (TPSA) is 12.5 Å². The van der Waals surface area contributed by atoms with Gasteiger partial charge in [-0.25, -0.2) is 0 Å². The zero-order valence-electron chi connectivity index (χ0n) is 16.2. The van der Waals surface area contributed by atoms with Crippen molar-refractivity contribution in [1.29, 1.82) is 0 Å². The second-order valence-electron chi connectivity index (χ2n) is 6.78. The summed E-state index contributed by atoms with van der Waals surface area (Å²) in [5.41, 5.74) is 2.58. The SMILES string of the molecule is CCCN(CCC)CCc1cc(Cl)ccc1OCCCc1ccccc1. The molecule has 0 saturated heterocycles. The first-order valence-electron chi connectivity index (χ1n) is 9.90. The summed E-state index contributed by atoms with van der Waals surface area (Å²) in [6.45, 7) is 8.58. The van der Waals surface area contributed by atoms with Crippen molar-refractivity contribution in [2.24, 2.45) is 0 Å². The van der Waals surface area contributed by atoms with Gasteiger partial charge < -0.3 is 9.64 Å². The maximum atomic E-state index is 6.23. The summed E-state index contributed by atoms with van der Waals surface area (Å²) >= 11 is 6.23. The van der Waals surface area contributed by atoms with E-state index in [0.717, 1.165) is 56.3 Å². The maximum Gasteiger partial charge on any atom is 0.122 e. The molecule has 0 aliphatic rings. The first kappa shape index (κ1) is 20.8. The molecule has 0 heterocycles. The van der Waals surface area contributed by atoms with Crippen LogP contribution >= 0.6 is 11.6 Å². The molecule has 0 amide bonds. The number of hydrogen-bond donors (Lipinski definition) is 0. The molecular weight excluding hydrogens is 342 g/mol. The largest absolute Gasteiger partial charge is 0.493 e. The van der Waals surface area contributed by atoms with Crippen LogP contribution < -0.4 is 4.74 Å². The molecule has 0 aliphatic carbocycles. The fraction of sp³-hybridized carbons (Fsp3) is 0.478. The number of aryl methyl sites for hydroxylation is 1. The average Bonchev–Trinajstić information content (AvgIpc) is 2.66. The van der Waals surface area contributed by atoms with Crippen LogP contribution in [0.3, 0.4) is 0 Å². The highest BCUT2D eigenvalue weighted by Gasteiger charge is 2.08. The molecule has 2 nitrogen and oxygen atoms in total. The lowest BCUT2D eigenvalue weighted by Crippen LogP contribution is -2.27.